The van der Waals surface area contributed by atoms with Gasteiger partial charge in [0.15, 0.2) is 9.84 Å². The number of rotatable bonds is 4. The highest BCUT2D eigenvalue weighted by atomic mass is 32.2. The molecule has 0 radical (unpaired) electrons. The van der Waals surface area contributed by atoms with Crippen LogP contribution in [0.4, 0.5) is 0 Å². The molecule has 0 heterocycles. The normalized spacial score (nSPS) is 18.4. The molecular weight excluding hydrogens is 234 g/mol. The van der Waals surface area contributed by atoms with Crippen LogP contribution in [0.2, 0.25) is 0 Å². The van der Waals surface area contributed by atoms with Gasteiger partial charge in [-0.1, -0.05) is 12.1 Å². The van der Waals surface area contributed by atoms with Crippen LogP contribution in [-0.2, 0) is 9.84 Å². The Hall–Kier alpha value is -0.870. The van der Waals surface area contributed by atoms with E-state index < -0.39 is 15.1 Å². The molecule has 0 aromatic heterocycles. The molecule has 1 aromatic carbocycles. The Bertz CT molecular complexity index is 504. The molecule has 0 unspecified atom stereocenters. The average Bonchev–Trinajstić information content (AvgIpc) is 3.12. The average molecular weight is 253 g/mol. The van der Waals surface area contributed by atoms with E-state index in [9.17, 15) is 8.42 Å². The topological polar surface area (TPSA) is 60.2 Å². The first kappa shape index (κ1) is 12.6. The van der Waals surface area contributed by atoms with Gasteiger partial charge in [0, 0.05) is 6.04 Å². The molecule has 2 N–H and O–H groups in total. The van der Waals surface area contributed by atoms with Gasteiger partial charge < -0.3 is 5.73 Å². The summed E-state index contributed by atoms with van der Waals surface area (Å²) in [5.41, 5.74) is 7.03. The molecule has 0 spiro atoms. The summed E-state index contributed by atoms with van der Waals surface area (Å²) in [6.07, 6.45) is 2.31. The van der Waals surface area contributed by atoms with Gasteiger partial charge in [-0.05, 0) is 50.3 Å². The van der Waals surface area contributed by atoms with Crippen molar-refractivity contribution in [3.63, 3.8) is 0 Å². The van der Waals surface area contributed by atoms with Crippen LogP contribution in [0, 0.1) is 5.92 Å². The lowest BCUT2D eigenvalue weighted by atomic mass is 10.0. The van der Waals surface area contributed by atoms with Crippen LogP contribution < -0.4 is 5.73 Å². The third-order valence-corrected chi connectivity index (χ3v) is 5.47. The fourth-order valence-electron chi connectivity index (χ4n) is 1.90. The third kappa shape index (κ3) is 2.53. The summed E-state index contributed by atoms with van der Waals surface area (Å²) >= 11 is 0. The predicted molar refractivity (Wildman–Crippen MR) is 68.4 cm³/mol. The minimum Gasteiger partial charge on any atom is -0.324 e. The Labute approximate surface area is 103 Å². The minimum atomic E-state index is -3.19. The first-order chi connectivity index (χ1) is 7.93. The molecule has 1 aliphatic rings. The predicted octanol–water partition coefficient (Wildman–Crippen LogP) is 2.28. The summed E-state index contributed by atoms with van der Waals surface area (Å²) in [6, 6.07) is 7.07. The molecular formula is C13H19NO2S. The molecule has 0 amide bonds. The van der Waals surface area contributed by atoms with Crippen LogP contribution in [0.15, 0.2) is 29.2 Å². The number of sulfone groups is 1. The highest BCUT2D eigenvalue weighted by Gasteiger charge is 2.30. The quantitative estimate of drug-likeness (QED) is 0.895. The van der Waals surface area contributed by atoms with Gasteiger partial charge in [0.1, 0.15) is 0 Å². The van der Waals surface area contributed by atoms with Crippen molar-refractivity contribution in [2.45, 2.75) is 42.9 Å². The highest BCUT2D eigenvalue weighted by molar-refractivity contribution is 7.92. The van der Waals surface area contributed by atoms with Crippen LogP contribution >= 0.6 is 0 Å². The standard InChI is InChI=1S/C13H19NO2S/c1-9(2)17(15,16)12-5-3-4-11(8-12)13(14)10-6-7-10/h3-5,8-10,13H,6-7,14H2,1-2H3/t13-/m0/s1. The second kappa shape index (κ2) is 4.42. The van der Waals surface area contributed by atoms with Gasteiger partial charge in [0.25, 0.3) is 0 Å². The second-order valence-electron chi connectivity index (χ2n) is 5.03. The summed E-state index contributed by atoms with van der Waals surface area (Å²) in [5.74, 6) is 0.534. The van der Waals surface area contributed by atoms with Crippen LogP contribution in [0.5, 0.6) is 0 Å². The van der Waals surface area contributed by atoms with Crippen molar-refractivity contribution >= 4 is 9.84 Å². The van der Waals surface area contributed by atoms with Gasteiger partial charge in [0.05, 0.1) is 10.1 Å². The molecule has 0 bridgehead atoms. The van der Waals surface area contributed by atoms with Gasteiger partial charge in [0.2, 0.25) is 0 Å². The maximum Gasteiger partial charge on any atom is 0.180 e. The van der Waals surface area contributed by atoms with E-state index in [4.69, 9.17) is 5.73 Å². The minimum absolute atomic E-state index is 0.0164. The smallest absolute Gasteiger partial charge is 0.180 e. The lowest BCUT2D eigenvalue weighted by Gasteiger charge is -2.13. The SMILES string of the molecule is CC(C)S(=O)(=O)c1cccc([C@@H](N)C2CC2)c1. The van der Waals surface area contributed by atoms with E-state index in [1.807, 2.05) is 6.07 Å². The van der Waals surface area contributed by atoms with Crippen molar-refractivity contribution in [3.05, 3.63) is 29.8 Å². The number of hydrogen-bond acceptors (Lipinski definition) is 3. The number of hydrogen-bond donors (Lipinski definition) is 1. The second-order valence-corrected chi connectivity index (χ2v) is 7.53. The van der Waals surface area contributed by atoms with Gasteiger partial charge >= 0.3 is 0 Å². The van der Waals surface area contributed by atoms with Gasteiger partial charge in [-0.15, -0.1) is 0 Å². The molecule has 1 fully saturated rings. The molecule has 1 aromatic rings. The summed E-state index contributed by atoms with van der Waals surface area (Å²) in [7, 11) is -3.19. The Morgan fingerprint density at radius 2 is 1.94 bits per heavy atom. The molecule has 3 nitrogen and oxygen atoms in total. The largest absolute Gasteiger partial charge is 0.324 e. The maximum atomic E-state index is 12.1. The van der Waals surface area contributed by atoms with Gasteiger partial charge in [-0.25, -0.2) is 8.42 Å². The van der Waals surface area contributed by atoms with Crippen molar-refractivity contribution in [2.75, 3.05) is 0 Å². The molecule has 17 heavy (non-hydrogen) atoms. The van der Waals surface area contributed by atoms with Crippen molar-refractivity contribution in [3.8, 4) is 0 Å². The molecule has 4 heteroatoms. The van der Waals surface area contributed by atoms with Crippen LogP contribution in [0.25, 0.3) is 0 Å². The molecule has 1 atom stereocenters. The van der Waals surface area contributed by atoms with E-state index in [1.54, 1.807) is 32.0 Å². The lowest BCUT2D eigenvalue weighted by Crippen LogP contribution is -2.16. The molecule has 0 saturated heterocycles. The van der Waals surface area contributed by atoms with Crippen molar-refractivity contribution in [2.24, 2.45) is 11.7 Å². The maximum absolute atomic E-state index is 12.1. The van der Waals surface area contributed by atoms with E-state index in [0.717, 1.165) is 18.4 Å². The van der Waals surface area contributed by atoms with E-state index in [2.05, 4.69) is 0 Å². The highest BCUT2D eigenvalue weighted by Crippen LogP contribution is 2.39. The Kier molecular flexibility index (Phi) is 3.27. The monoisotopic (exact) mass is 253 g/mol. The zero-order valence-corrected chi connectivity index (χ0v) is 11.1. The van der Waals surface area contributed by atoms with Crippen molar-refractivity contribution < 1.29 is 8.42 Å². The van der Waals surface area contributed by atoms with E-state index in [1.165, 1.54) is 0 Å². The van der Waals surface area contributed by atoms with Crippen LogP contribution in [0.1, 0.15) is 38.3 Å². The van der Waals surface area contributed by atoms with Crippen LogP contribution in [0.3, 0.4) is 0 Å². The first-order valence-corrected chi connectivity index (χ1v) is 7.57. The van der Waals surface area contributed by atoms with E-state index in [0.29, 0.717) is 10.8 Å². The van der Waals surface area contributed by atoms with Crippen molar-refractivity contribution in [1.82, 2.24) is 0 Å². The molecule has 2 rings (SSSR count). The molecule has 1 aliphatic carbocycles. The molecule has 0 aliphatic heterocycles. The van der Waals surface area contributed by atoms with E-state index >= 15 is 0 Å². The van der Waals surface area contributed by atoms with E-state index in [-0.39, 0.29) is 6.04 Å². The van der Waals surface area contributed by atoms with Gasteiger partial charge in [-0.3, -0.25) is 0 Å². The lowest BCUT2D eigenvalue weighted by molar-refractivity contribution is 0.586. The molecule has 1 saturated carbocycles. The summed E-state index contributed by atoms with van der Waals surface area (Å²) in [6.45, 7) is 3.39. The fourth-order valence-corrected chi connectivity index (χ4v) is 3.01. The summed E-state index contributed by atoms with van der Waals surface area (Å²) < 4.78 is 24.1. The Morgan fingerprint density at radius 1 is 1.29 bits per heavy atom. The zero-order chi connectivity index (χ0) is 12.6. The first-order valence-electron chi connectivity index (χ1n) is 6.02. The van der Waals surface area contributed by atoms with Crippen molar-refractivity contribution in [1.29, 1.82) is 0 Å². The van der Waals surface area contributed by atoms with Gasteiger partial charge in [-0.2, -0.15) is 0 Å². The third-order valence-electron chi connectivity index (χ3n) is 3.32. The Morgan fingerprint density at radius 3 is 2.47 bits per heavy atom. The fraction of sp³-hybridized carbons (Fsp3) is 0.538. The number of nitrogens with two attached hydrogens (primary N) is 1. The number of benzene rings is 1. The summed E-state index contributed by atoms with van der Waals surface area (Å²) in [4.78, 5) is 0.390. The zero-order valence-electron chi connectivity index (χ0n) is 10.3. The van der Waals surface area contributed by atoms with Crippen LogP contribution in [-0.4, -0.2) is 13.7 Å². The molecule has 94 valence electrons. The summed E-state index contributed by atoms with van der Waals surface area (Å²) in [5, 5.41) is -0.394. The Balaban J connectivity index is 2.34.